The van der Waals surface area contributed by atoms with Crippen LogP contribution in [0.25, 0.3) is 0 Å². The van der Waals surface area contributed by atoms with Crippen molar-refractivity contribution in [2.24, 2.45) is 11.7 Å². The topological polar surface area (TPSA) is 81.4 Å². The normalized spacial score (nSPS) is 25.2. The van der Waals surface area contributed by atoms with Crippen LogP contribution >= 0.6 is 11.6 Å². The lowest BCUT2D eigenvalue weighted by atomic mass is 9.86. The number of benzene rings is 1. The minimum atomic E-state index is -3.67. The summed E-state index contributed by atoms with van der Waals surface area (Å²) in [6.07, 6.45) is 6.73. The highest BCUT2D eigenvalue weighted by Gasteiger charge is 2.27. The van der Waals surface area contributed by atoms with E-state index >= 15 is 0 Å². The van der Waals surface area contributed by atoms with Crippen molar-refractivity contribution in [1.29, 1.82) is 0 Å². The predicted molar refractivity (Wildman–Crippen MR) is 94.8 cm³/mol. The lowest BCUT2D eigenvalue weighted by Gasteiger charge is -2.27. The molecule has 0 aromatic heterocycles. The van der Waals surface area contributed by atoms with E-state index in [2.05, 4.69) is 4.72 Å². The molecule has 3 N–H and O–H groups in total. The molecule has 5 nitrogen and oxygen atoms in total. The van der Waals surface area contributed by atoms with Gasteiger partial charge in [0.15, 0.2) is 0 Å². The molecule has 2 aliphatic rings. The second-order valence-electron chi connectivity index (χ2n) is 6.93. The van der Waals surface area contributed by atoms with Crippen LogP contribution in [0.5, 0.6) is 5.75 Å². The Morgan fingerprint density at radius 3 is 2.50 bits per heavy atom. The molecule has 0 radical (unpaired) electrons. The molecule has 24 heavy (non-hydrogen) atoms. The first-order valence-electron chi connectivity index (χ1n) is 8.64. The molecule has 0 spiro atoms. The van der Waals surface area contributed by atoms with E-state index in [9.17, 15) is 8.42 Å². The van der Waals surface area contributed by atoms with Crippen LogP contribution in [-0.2, 0) is 10.0 Å². The van der Waals surface area contributed by atoms with Crippen LogP contribution in [0.1, 0.15) is 44.9 Å². The first-order chi connectivity index (χ1) is 11.4. The van der Waals surface area contributed by atoms with Crippen LogP contribution in [0.15, 0.2) is 23.1 Å². The molecular formula is C17H25ClN2O3S. The zero-order valence-corrected chi connectivity index (χ0v) is 15.3. The van der Waals surface area contributed by atoms with Crippen molar-refractivity contribution >= 4 is 21.6 Å². The zero-order chi connectivity index (χ0) is 17.2. The average Bonchev–Trinajstić information content (AvgIpc) is 2.49. The largest absolute Gasteiger partial charge is 0.492 e. The Morgan fingerprint density at radius 1 is 1.17 bits per heavy atom. The SMILES string of the molecule is NC1CCC(NS(=O)(=O)c2cc(Cl)ccc2OCC2CCC2)CC1. The molecule has 0 heterocycles. The van der Waals surface area contributed by atoms with Gasteiger partial charge >= 0.3 is 0 Å². The highest BCUT2D eigenvalue weighted by Crippen LogP contribution is 2.31. The molecule has 0 bridgehead atoms. The number of ether oxygens (including phenoxy) is 1. The summed E-state index contributed by atoms with van der Waals surface area (Å²) in [5, 5.41) is 0.386. The maximum atomic E-state index is 12.8. The first kappa shape index (κ1) is 18.0. The molecule has 0 atom stereocenters. The van der Waals surface area contributed by atoms with Gasteiger partial charge in [0.1, 0.15) is 10.6 Å². The summed E-state index contributed by atoms with van der Waals surface area (Å²) < 4.78 is 34.2. The number of sulfonamides is 1. The molecule has 0 saturated heterocycles. The lowest BCUT2D eigenvalue weighted by Crippen LogP contribution is -2.40. The Balaban J connectivity index is 1.73. The van der Waals surface area contributed by atoms with Gasteiger partial charge in [0.2, 0.25) is 10.0 Å². The number of hydrogen-bond acceptors (Lipinski definition) is 4. The van der Waals surface area contributed by atoms with Crippen LogP contribution in [0.3, 0.4) is 0 Å². The van der Waals surface area contributed by atoms with E-state index in [4.69, 9.17) is 22.1 Å². The van der Waals surface area contributed by atoms with E-state index in [0.29, 0.717) is 23.3 Å². The monoisotopic (exact) mass is 372 g/mol. The lowest BCUT2D eigenvalue weighted by molar-refractivity contribution is 0.177. The summed E-state index contributed by atoms with van der Waals surface area (Å²) in [6.45, 7) is 0.558. The Hall–Kier alpha value is -0.820. The van der Waals surface area contributed by atoms with E-state index in [1.807, 2.05) is 0 Å². The summed E-state index contributed by atoms with van der Waals surface area (Å²) in [4.78, 5) is 0.129. The molecule has 2 saturated carbocycles. The minimum absolute atomic E-state index is 0.0757. The summed E-state index contributed by atoms with van der Waals surface area (Å²) in [5.74, 6) is 0.912. The maximum absolute atomic E-state index is 12.8. The molecule has 0 amide bonds. The number of halogens is 1. The van der Waals surface area contributed by atoms with E-state index in [-0.39, 0.29) is 17.0 Å². The van der Waals surface area contributed by atoms with Gasteiger partial charge in [0.25, 0.3) is 0 Å². The molecular weight excluding hydrogens is 348 g/mol. The highest BCUT2D eigenvalue weighted by molar-refractivity contribution is 7.89. The quantitative estimate of drug-likeness (QED) is 0.804. The van der Waals surface area contributed by atoms with Gasteiger partial charge in [-0.05, 0) is 62.6 Å². The Morgan fingerprint density at radius 2 is 1.88 bits per heavy atom. The fourth-order valence-electron chi connectivity index (χ4n) is 3.20. The van der Waals surface area contributed by atoms with Crippen molar-refractivity contribution in [3.63, 3.8) is 0 Å². The van der Waals surface area contributed by atoms with Crippen molar-refractivity contribution in [2.75, 3.05) is 6.61 Å². The summed E-state index contributed by atoms with van der Waals surface area (Å²) >= 11 is 6.02. The summed E-state index contributed by atoms with van der Waals surface area (Å²) in [7, 11) is -3.67. The molecule has 0 unspecified atom stereocenters. The molecule has 1 aromatic carbocycles. The predicted octanol–water partition coefficient (Wildman–Crippen LogP) is 3.07. The van der Waals surface area contributed by atoms with E-state index < -0.39 is 10.0 Å². The van der Waals surface area contributed by atoms with Crippen molar-refractivity contribution in [2.45, 2.75) is 61.9 Å². The third-order valence-corrected chi connectivity index (χ3v) is 6.77. The summed E-state index contributed by atoms with van der Waals surface area (Å²) in [5.41, 5.74) is 5.89. The Labute approximate surface area is 149 Å². The minimum Gasteiger partial charge on any atom is -0.492 e. The number of hydrogen-bond donors (Lipinski definition) is 2. The van der Waals surface area contributed by atoms with Crippen molar-refractivity contribution in [1.82, 2.24) is 4.72 Å². The van der Waals surface area contributed by atoms with Gasteiger partial charge in [-0.3, -0.25) is 0 Å². The van der Waals surface area contributed by atoms with Gasteiger partial charge < -0.3 is 10.5 Å². The van der Waals surface area contributed by atoms with Crippen molar-refractivity contribution < 1.29 is 13.2 Å². The van der Waals surface area contributed by atoms with E-state index in [1.54, 1.807) is 12.1 Å². The van der Waals surface area contributed by atoms with Gasteiger partial charge in [-0.2, -0.15) is 0 Å². The third-order valence-electron chi connectivity index (χ3n) is 4.99. The van der Waals surface area contributed by atoms with E-state index in [0.717, 1.165) is 38.5 Å². The maximum Gasteiger partial charge on any atom is 0.244 e. The van der Waals surface area contributed by atoms with Crippen LogP contribution in [0, 0.1) is 5.92 Å². The van der Waals surface area contributed by atoms with Crippen LogP contribution in [-0.4, -0.2) is 27.1 Å². The molecule has 0 aliphatic heterocycles. The summed E-state index contributed by atoms with van der Waals surface area (Å²) in [6, 6.07) is 4.88. The Kier molecular flexibility index (Phi) is 5.70. The number of nitrogens with two attached hydrogens (primary N) is 1. The third kappa shape index (κ3) is 4.42. The van der Waals surface area contributed by atoms with Crippen LogP contribution in [0.2, 0.25) is 5.02 Å². The van der Waals surface area contributed by atoms with Gasteiger partial charge in [-0.15, -0.1) is 0 Å². The van der Waals surface area contributed by atoms with Gasteiger partial charge in [-0.25, -0.2) is 13.1 Å². The van der Waals surface area contributed by atoms with Crippen molar-refractivity contribution in [3.05, 3.63) is 23.2 Å². The smallest absolute Gasteiger partial charge is 0.244 e. The number of rotatable bonds is 6. The van der Waals surface area contributed by atoms with E-state index in [1.165, 1.54) is 12.5 Å². The second-order valence-corrected chi connectivity index (χ2v) is 9.05. The van der Waals surface area contributed by atoms with Gasteiger partial charge in [-0.1, -0.05) is 18.0 Å². The molecule has 3 rings (SSSR count). The molecule has 2 fully saturated rings. The highest BCUT2D eigenvalue weighted by atomic mass is 35.5. The second kappa shape index (κ2) is 7.60. The fourth-order valence-corrected chi connectivity index (χ4v) is 4.91. The van der Waals surface area contributed by atoms with Gasteiger partial charge in [0.05, 0.1) is 6.61 Å². The fraction of sp³-hybridized carbons (Fsp3) is 0.647. The average molecular weight is 373 g/mol. The molecule has 134 valence electrons. The van der Waals surface area contributed by atoms with Gasteiger partial charge in [0, 0.05) is 17.1 Å². The van der Waals surface area contributed by atoms with Crippen molar-refractivity contribution in [3.8, 4) is 5.75 Å². The van der Waals surface area contributed by atoms with Crippen LogP contribution < -0.4 is 15.2 Å². The molecule has 7 heteroatoms. The molecule has 2 aliphatic carbocycles. The standard InChI is InChI=1S/C17H25ClN2O3S/c18-13-4-9-16(23-11-12-2-1-3-12)17(10-13)24(21,22)20-15-7-5-14(19)6-8-15/h4,9-10,12,14-15,20H,1-3,5-8,11,19H2. The first-order valence-corrected chi connectivity index (χ1v) is 10.5. The molecule has 1 aromatic rings. The number of nitrogens with one attached hydrogen (secondary N) is 1. The zero-order valence-electron chi connectivity index (χ0n) is 13.7. The Bertz CT molecular complexity index is 668. The van der Waals surface area contributed by atoms with Crippen LogP contribution in [0.4, 0.5) is 0 Å².